The molecule has 1 amide bonds. The van der Waals surface area contributed by atoms with Gasteiger partial charge in [-0.25, -0.2) is 0 Å². The van der Waals surface area contributed by atoms with Crippen LogP contribution in [0.4, 0.5) is 5.69 Å². The number of hydrogen-bond acceptors (Lipinski definition) is 3. The molecule has 1 unspecified atom stereocenters. The van der Waals surface area contributed by atoms with Crippen LogP contribution in [0.3, 0.4) is 0 Å². The Bertz CT molecular complexity index is 907. The molecule has 0 aliphatic carbocycles. The van der Waals surface area contributed by atoms with E-state index in [0.29, 0.717) is 6.54 Å². The lowest BCUT2D eigenvalue weighted by Crippen LogP contribution is -2.34. The highest BCUT2D eigenvalue weighted by Crippen LogP contribution is 2.24. The summed E-state index contributed by atoms with van der Waals surface area (Å²) in [6.45, 7) is 2.65. The summed E-state index contributed by atoms with van der Waals surface area (Å²) >= 11 is 0. The first-order valence-electron chi connectivity index (χ1n) is 9.32. The third-order valence-corrected chi connectivity index (χ3v) is 4.69. The Morgan fingerprint density at radius 3 is 2.39 bits per heavy atom. The summed E-state index contributed by atoms with van der Waals surface area (Å²) in [6.07, 6.45) is 0. The van der Waals surface area contributed by atoms with E-state index in [-0.39, 0.29) is 5.91 Å². The van der Waals surface area contributed by atoms with E-state index in [9.17, 15) is 4.79 Å². The van der Waals surface area contributed by atoms with Crippen LogP contribution in [0.2, 0.25) is 0 Å². The zero-order valence-electron chi connectivity index (χ0n) is 16.6. The van der Waals surface area contributed by atoms with E-state index in [1.807, 2.05) is 97.7 Å². The number of rotatable bonds is 7. The van der Waals surface area contributed by atoms with Gasteiger partial charge in [0, 0.05) is 12.2 Å². The second kappa shape index (κ2) is 9.20. The Kier molecular flexibility index (Phi) is 6.45. The van der Waals surface area contributed by atoms with Gasteiger partial charge in [-0.3, -0.25) is 9.69 Å². The smallest absolute Gasteiger partial charge is 0.246 e. The highest BCUT2D eigenvalue weighted by atomic mass is 16.5. The van der Waals surface area contributed by atoms with Gasteiger partial charge in [-0.15, -0.1) is 0 Å². The number of likely N-dealkylation sites (N-methyl/N-ethyl adjacent to an activating group) is 1. The highest BCUT2D eigenvalue weighted by molar-refractivity contribution is 5.95. The Hall–Kier alpha value is -3.11. The third kappa shape index (κ3) is 4.99. The van der Waals surface area contributed by atoms with Crippen molar-refractivity contribution in [2.45, 2.75) is 19.5 Å². The van der Waals surface area contributed by atoms with Crippen molar-refractivity contribution in [2.75, 3.05) is 19.5 Å². The van der Waals surface area contributed by atoms with Gasteiger partial charge in [0.05, 0.1) is 7.11 Å². The molecule has 1 atom stereocenters. The topological polar surface area (TPSA) is 41.6 Å². The van der Waals surface area contributed by atoms with E-state index < -0.39 is 6.04 Å². The van der Waals surface area contributed by atoms with Gasteiger partial charge < -0.3 is 10.1 Å². The first-order valence-corrected chi connectivity index (χ1v) is 9.32. The number of aryl methyl sites for hydroxylation is 1. The fraction of sp³-hybridized carbons (Fsp3) is 0.208. The normalized spacial score (nSPS) is 11.9. The number of carbonyl (C=O) groups excluding carboxylic acids is 1. The van der Waals surface area contributed by atoms with Crippen LogP contribution in [0.5, 0.6) is 5.75 Å². The number of anilines is 1. The van der Waals surface area contributed by atoms with Crippen molar-refractivity contribution in [3.63, 3.8) is 0 Å². The van der Waals surface area contributed by atoms with Crippen molar-refractivity contribution in [3.8, 4) is 5.75 Å². The molecule has 0 saturated carbocycles. The number of nitrogens with zero attached hydrogens (tertiary/aromatic N) is 1. The maximum Gasteiger partial charge on any atom is 0.246 e. The minimum absolute atomic E-state index is 0.0551. The van der Waals surface area contributed by atoms with Gasteiger partial charge in [0.15, 0.2) is 0 Å². The quantitative estimate of drug-likeness (QED) is 0.645. The van der Waals surface area contributed by atoms with E-state index in [4.69, 9.17) is 4.74 Å². The molecule has 0 spiro atoms. The van der Waals surface area contributed by atoms with Crippen molar-refractivity contribution in [1.82, 2.24) is 4.90 Å². The Labute approximate surface area is 166 Å². The van der Waals surface area contributed by atoms with Crippen LogP contribution in [0.25, 0.3) is 0 Å². The molecular weight excluding hydrogens is 348 g/mol. The lowest BCUT2D eigenvalue weighted by Gasteiger charge is -2.28. The van der Waals surface area contributed by atoms with Crippen LogP contribution >= 0.6 is 0 Å². The molecule has 0 fully saturated rings. The second-order valence-electron chi connectivity index (χ2n) is 6.94. The predicted octanol–water partition coefficient (Wildman–Crippen LogP) is 4.82. The first kappa shape index (κ1) is 19.6. The van der Waals surface area contributed by atoms with Gasteiger partial charge in [-0.2, -0.15) is 0 Å². The van der Waals surface area contributed by atoms with Crippen LogP contribution in [0.1, 0.15) is 22.7 Å². The molecule has 1 N–H and O–H groups in total. The summed E-state index contributed by atoms with van der Waals surface area (Å²) in [5.41, 5.74) is 4.00. The van der Waals surface area contributed by atoms with Gasteiger partial charge in [-0.1, -0.05) is 60.2 Å². The molecule has 0 aromatic heterocycles. The molecule has 3 rings (SSSR count). The summed E-state index contributed by atoms with van der Waals surface area (Å²) < 4.78 is 5.32. The van der Waals surface area contributed by atoms with Crippen molar-refractivity contribution in [2.24, 2.45) is 0 Å². The predicted molar refractivity (Wildman–Crippen MR) is 113 cm³/mol. The van der Waals surface area contributed by atoms with E-state index >= 15 is 0 Å². The molecule has 3 aromatic carbocycles. The fourth-order valence-corrected chi connectivity index (χ4v) is 3.24. The molecule has 4 nitrogen and oxygen atoms in total. The van der Waals surface area contributed by atoms with E-state index in [0.717, 1.165) is 28.1 Å². The lowest BCUT2D eigenvalue weighted by molar-refractivity contribution is -0.121. The summed E-state index contributed by atoms with van der Waals surface area (Å²) in [5, 5.41) is 3.05. The minimum atomic E-state index is -0.409. The molecule has 0 bridgehead atoms. The number of carbonyl (C=O) groups is 1. The summed E-state index contributed by atoms with van der Waals surface area (Å²) in [7, 11) is 3.62. The molecule has 4 heteroatoms. The number of methoxy groups -OCH3 is 1. The van der Waals surface area contributed by atoms with Crippen molar-refractivity contribution < 1.29 is 9.53 Å². The number of benzene rings is 3. The van der Waals surface area contributed by atoms with Crippen molar-refractivity contribution in [1.29, 1.82) is 0 Å². The Balaban J connectivity index is 1.83. The minimum Gasteiger partial charge on any atom is -0.497 e. The third-order valence-electron chi connectivity index (χ3n) is 4.69. The van der Waals surface area contributed by atoms with Crippen molar-refractivity contribution >= 4 is 11.6 Å². The summed E-state index contributed by atoms with van der Waals surface area (Å²) in [4.78, 5) is 15.2. The van der Waals surface area contributed by atoms with Crippen LogP contribution < -0.4 is 10.1 Å². The number of ether oxygens (including phenoxy) is 1. The Morgan fingerprint density at radius 2 is 1.71 bits per heavy atom. The lowest BCUT2D eigenvalue weighted by atomic mass is 10.0. The summed E-state index contributed by atoms with van der Waals surface area (Å²) in [5.74, 6) is 0.756. The zero-order valence-corrected chi connectivity index (χ0v) is 16.6. The summed E-state index contributed by atoms with van der Waals surface area (Å²) in [6, 6.07) is 25.2. The monoisotopic (exact) mass is 374 g/mol. The van der Waals surface area contributed by atoms with Gasteiger partial charge in [-0.05, 0) is 49.4 Å². The van der Waals surface area contributed by atoms with E-state index in [1.54, 1.807) is 7.11 Å². The first-order chi connectivity index (χ1) is 13.6. The van der Waals surface area contributed by atoms with Crippen molar-refractivity contribution in [3.05, 3.63) is 95.6 Å². The molecule has 0 aliphatic heterocycles. The molecule has 0 aliphatic rings. The highest BCUT2D eigenvalue weighted by Gasteiger charge is 2.25. The second-order valence-corrected chi connectivity index (χ2v) is 6.94. The maximum atomic E-state index is 13.2. The van der Waals surface area contributed by atoms with E-state index in [2.05, 4.69) is 5.32 Å². The average molecular weight is 374 g/mol. The molecule has 0 heterocycles. The number of amides is 1. The Morgan fingerprint density at radius 1 is 1.00 bits per heavy atom. The van der Waals surface area contributed by atoms with Crippen LogP contribution in [-0.4, -0.2) is 25.0 Å². The van der Waals surface area contributed by atoms with Gasteiger partial charge in [0.25, 0.3) is 0 Å². The van der Waals surface area contributed by atoms with Crippen LogP contribution in [-0.2, 0) is 11.3 Å². The van der Waals surface area contributed by atoms with Gasteiger partial charge in [0.1, 0.15) is 11.8 Å². The zero-order chi connectivity index (χ0) is 19.9. The van der Waals surface area contributed by atoms with Crippen LogP contribution in [0, 0.1) is 6.92 Å². The average Bonchev–Trinajstić information content (AvgIpc) is 2.71. The van der Waals surface area contributed by atoms with Gasteiger partial charge in [0.2, 0.25) is 5.91 Å². The SMILES string of the molecule is COc1cccc(CN(C)C(C(=O)Nc2ccc(C)cc2)c2ccccc2)c1. The fourth-order valence-electron chi connectivity index (χ4n) is 3.24. The van der Waals surface area contributed by atoms with Crippen LogP contribution in [0.15, 0.2) is 78.9 Å². The molecular formula is C24H26N2O2. The number of nitrogens with one attached hydrogen (secondary N) is 1. The largest absolute Gasteiger partial charge is 0.497 e. The molecule has 0 radical (unpaired) electrons. The standard InChI is InChI=1S/C24H26N2O2/c1-18-12-14-21(15-13-18)25-24(27)23(20-9-5-4-6-10-20)26(2)17-19-8-7-11-22(16-19)28-3/h4-16,23H,17H2,1-3H3,(H,25,27). The number of hydrogen-bond donors (Lipinski definition) is 1. The van der Waals surface area contributed by atoms with E-state index in [1.165, 1.54) is 0 Å². The van der Waals surface area contributed by atoms with Gasteiger partial charge >= 0.3 is 0 Å². The molecule has 0 saturated heterocycles. The molecule has 3 aromatic rings. The maximum absolute atomic E-state index is 13.2. The molecule has 144 valence electrons. The molecule has 28 heavy (non-hydrogen) atoms.